The predicted molar refractivity (Wildman–Crippen MR) is 53.1 cm³/mol. The van der Waals surface area contributed by atoms with Crippen molar-refractivity contribution in [3.8, 4) is 11.3 Å². The molecule has 0 unspecified atom stereocenters. The van der Waals surface area contributed by atoms with Gasteiger partial charge in [0.1, 0.15) is 17.5 Å². The monoisotopic (exact) mass is 209 g/mol. The van der Waals surface area contributed by atoms with Gasteiger partial charge in [-0.25, -0.2) is 8.78 Å². The number of benzene rings is 1. The number of nitrogens with two attached hydrogens (primary N) is 1. The highest BCUT2D eigenvalue weighted by molar-refractivity contribution is 5.64. The predicted octanol–water partition coefficient (Wildman–Crippen LogP) is 2.25. The van der Waals surface area contributed by atoms with E-state index in [0.717, 1.165) is 0 Å². The lowest BCUT2D eigenvalue weighted by Crippen LogP contribution is -1.93. The van der Waals surface area contributed by atoms with Gasteiger partial charge in [0.15, 0.2) is 0 Å². The third-order valence-corrected chi connectivity index (χ3v) is 2.15. The van der Waals surface area contributed by atoms with Crippen LogP contribution in [0.3, 0.4) is 0 Å². The van der Waals surface area contributed by atoms with Gasteiger partial charge in [0.05, 0.1) is 11.3 Å². The SMILES string of the molecule is Cc1ccc(F)c(-c2cc(N)n[nH]2)c1F. The van der Waals surface area contributed by atoms with Crippen LogP contribution in [0.5, 0.6) is 0 Å². The smallest absolute Gasteiger partial charge is 0.145 e. The molecule has 1 aromatic heterocycles. The number of anilines is 1. The van der Waals surface area contributed by atoms with Gasteiger partial charge in [-0.1, -0.05) is 6.07 Å². The molecule has 15 heavy (non-hydrogen) atoms. The largest absolute Gasteiger partial charge is 0.382 e. The quantitative estimate of drug-likeness (QED) is 0.756. The Labute approximate surface area is 84.9 Å². The molecule has 0 radical (unpaired) electrons. The minimum absolute atomic E-state index is 0.126. The van der Waals surface area contributed by atoms with E-state index in [2.05, 4.69) is 10.2 Å². The van der Waals surface area contributed by atoms with Crippen molar-refractivity contribution in [3.63, 3.8) is 0 Å². The zero-order valence-corrected chi connectivity index (χ0v) is 8.01. The van der Waals surface area contributed by atoms with Crippen molar-refractivity contribution in [2.75, 3.05) is 5.73 Å². The number of hydrogen-bond acceptors (Lipinski definition) is 2. The summed E-state index contributed by atoms with van der Waals surface area (Å²) in [6, 6.07) is 3.99. The van der Waals surface area contributed by atoms with Crippen LogP contribution in [0.2, 0.25) is 0 Å². The lowest BCUT2D eigenvalue weighted by Gasteiger charge is -2.04. The Kier molecular flexibility index (Phi) is 2.15. The summed E-state index contributed by atoms with van der Waals surface area (Å²) < 4.78 is 27.0. The first-order chi connectivity index (χ1) is 7.09. The number of aromatic nitrogens is 2. The number of rotatable bonds is 1. The zero-order chi connectivity index (χ0) is 11.0. The lowest BCUT2D eigenvalue weighted by molar-refractivity contribution is 0.582. The van der Waals surface area contributed by atoms with E-state index in [1.807, 2.05) is 0 Å². The average Bonchev–Trinajstić information content (AvgIpc) is 2.59. The molecule has 0 atom stereocenters. The highest BCUT2D eigenvalue weighted by Crippen LogP contribution is 2.27. The van der Waals surface area contributed by atoms with Crippen LogP contribution in [0.4, 0.5) is 14.6 Å². The van der Waals surface area contributed by atoms with Crippen molar-refractivity contribution >= 4 is 5.82 Å². The molecule has 0 aliphatic heterocycles. The number of aromatic amines is 1. The van der Waals surface area contributed by atoms with Crippen molar-refractivity contribution in [3.05, 3.63) is 35.4 Å². The fourth-order valence-corrected chi connectivity index (χ4v) is 1.37. The summed E-state index contributed by atoms with van der Waals surface area (Å²) in [5.41, 5.74) is 5.86. The van der Waals surface area contributed by atoms with Gasteiger partial charge in [0.25, 0.3) is 0 Å². The Morgan fingerprint density at radius 2 is 2.07 bits per heavy atom. The van der Waals surface area contributed by atoms with Crippen LogP contribution in [0.15, 0.2) is 18.2 Å². The maximum absolute atomic E-state index is 13.6. The Morgan fingerprint density at radius 3 is 2.67 bits per heavy atom. The standard InChI is InChI=1S/C10H9F2N3/c1-5-2-3-6(11)9(10(5)12)7-4-8(13)15-14-7/h2-4H,1H3,(H3,13,14,15). The molecule has 0 amide bonds. The summed E-state index contributed by atoms with van der Waals surface area (Å²) in [7, 11) is 0. The van der Waals surface area contributed by atoms with E-state index in [1.165, 1.54) is 18.2 Å². The van der Waals surface area contributed by atoms with E-state index in [0.29, 0.717) is 5.56 Å². The molecular weight excluding hydrogens is 200 g/mol. The van der Waals surface area contributed by atoms with Crippen molar-refractivity contribution in [1.82, 2.24) is 10.2 Å². The van der Waals surface area contributed by atoms with Gasteiger partial charge in [-0.2, -0.15) is 5.10 Å². The molecule has 0 bridgehead atoms. The van der Waals surface area contributed by atoms with Crippen molar-refractivity contribution in [1.29, 1.82) is 0 Å². The van der Waals surface area contributed by atoms with Crippen LogP contribution in [0, 0.1) is 18.6 Å². The molecule has 2 aromatic rings. The Morgan fingerprint density at radius 1 is 1.33 bits per heavy atom. The van der Waals surface area contributed by atoms with E-state index < -0.39 is 11.6 Å². The van der Waals surface area contributed by atoms with E-state index >= 15 is 0 Å². The van der Waals surface area contributed by atoms with Gasteiger partial charge in [0.2, 0.25) is 0 Å². The fourth-order valence-electron chi connectivity index (χ4n) is 1.37. The zero-order valence-electron chi connectivity index (χ0n) is 8.01. The maximum atomic E-state index is 13.6. The molecule has 0 spiro atoms. The van der Waals surface area contributed by atoms with Crippen LogP contribution >= 0.6 is 0 Å². The molecular formula is C10H9F2N3. The van der Waals surface area contributed by atoms with E-state index in [-0.39, 0.29) is 17.1 Å². The van der Waals surface area contributed by atoms with Gasteiger partial charge in [0, 0.05) is 6.07 Å². The second-order valence-corrected chi connectivity index (χ2v) is 3.26. The molecule has 1 aromatic carbocycles. The van der Waals surface area contributed by atoms with Crippen molar-refractivity contribution in [2.45, 2.75) is 6.92 Å². The first-order valence-electron chi connectivity index (χ1n) is 4.35. The molecule has 1 heterocycles. The summed E-state index contributed by atoms with van der Waals surface area (Å²) in [6.07, 6.45) is 0. The molecule has 0 fully saturated rings. The molecule has 3 nitrogen and oxygen atoms in total. The fraction of sp³-hybridized carbons (Fsp3) is 0.100. The number of aryl methyl sites for hydroxylation is 1. The van der Waals surface area contributed by atoms with E-state index in [9.17, 15) is 8.78 Å². The minimum atomic E-state index is -0.637. The molecule has 2 rings (SSSR count). The van der Waals surface area contributed by atoms with Gasteiger partial charge >= 0.3 is 0 Å². The summed E-state index contributed by atoms with van der Waals surface area (Å²) in [6.45, 7) is 1.57. The molecule has 0 aliphatic carbocycles. The molecule has 3 N–H and O–H groups in total. The van der Waals surface area contributed by atoms with Crippen LogP contribution in [-0.2, 0) is 0 Å². The topological polar surface area (TPSA) is 54.7 Å². The number of nitrogens with one attached hydrogen (secondary N) is 1. The average molecular weight is 209 g/mol. The summed E-state index contributed by atoms with van der Waals surface area (Å²) in [5.74, 6) is -1.04. The summed E-state index contributed by atoms with van der Waals surface area (Å²) in [4.78, 5) is 0. The van der Waals surface area contributed by atoms with Crippen LogP contribution in [0.25, 0.3) is 11.3 Å². The second-order valence-electron chi connectivity index (χ2n) is 3.26. The van der Waals surface area contributed by atoms with Crippen LogP contribution < -0.4 is 5.73 Å². The van der Waals surface area contributed by atoms with Gasteiger partial charge < -0.3 is 5.73 Å². The first kappa shape index (κ1) is 9.64. The highest BCUT2D eigenvalue weighted by atomic mass is 19.1. The minimum Gasteiger partial charge on any atom is -0.382 e. The highest BCUT2D eigenvalue weighted by Gasteiger charge is 2.15. The molecule has 0 saturated heterocycles. The molecule has 78 valence electrons. The number of H-pyrrole nitrogens is 1. The first-order valence-corrected chi connectivity index (χ1v) is 4.35. The van der Waals surface area contributed by atoms with Crippen molar-refractivity contribution in [2.24, 2.45) is 0 Å². The Hall–Kier alpha value is -1.91. The van der Waals surface area contributed by atoms with Gasteiger partial charge in [-0.3, -0.25) is 5.10 Å². The third kappa shape index (κ3) is 1.56. The molecule has 0 aliphatic rings. The van der Waals surface area contributed by atoms with Gasteiger partial charge in [-0.15, -0.1) is 0 Å². The number of hydrogen-bond donors (Lipinski definition) is 2. The summed E-state index contributed by atoms with van der Waals surface area (Å²) in [5, 5.41) is 6.10. The Bertz CT molecular complexity index is 505. The number of nitrogen functional groups attached to an aromatic ring is 1. The molecule has 5 heteroatoms. The third-order valence-electron chi connectivity index (χ3n) is 2.15. The van der Waals surface area contributed by atoms with E-state index in [4.69, 9.17) is 5.73 Å². The second kappa shape index (κ2) is 3.34. The van der Waals surface area contributed by atoms with Crippen LogP contribution in [-0.4, -0.2) is 10.2 Å². The number of halogens is 2. The normalized spacial score (nSPS) is 10.6. The summed E-state index contributed by atoms with van der Waals surface area (Å²) >= 11 is 0. The van der Waals surface area contributed by atoms with Crippen molar-refractivity contribution < 1.29 is 8.78 Å². The number of nitrogens with zero attached hydrogens (tertiary/aromatic N) is 1. The maximum Gasteiger partial charge on any atom is 0.145 e. The molecule has 0 saturated carbocycles. The Balaban J connectivity index is 2.66. The van der Waals surface area contributed by atoms with Gasteiger partial charge in [-0.05, 0) is 18.6 Å². The van der Waals surface area contributed by atoms with Crippen LogP contribution in [0.1, 0.15) is 5.56 Å². The van der Waals surface area contributed by atoms with E-state index in [1.54, 1.807) is 6.92 Å². The lowest BCUT2D eigenvalue weighted by atomic mass is 10.1.